The van der Waals surface area contributed by atoms with Crippen LogP contribution in [-0.4, -0.2) is 0 Å². The monoisotopic (exact) mass is 209 g/mol. The van der Waals surface area contributed by atoms with Crippen molar-refractivity contribution < 1.29 is 4.39 Å². The molecule has 1 saturated carbocycles. The Morgan fingerprint density at radius 3 is 2.71 bits per heavy atom. The van der Waals surface area contributed by atoms with E-state index < -0.39 is 11.2 Å². The van der Waals surface area contributed by atoms with E-state index in [0.717, 1.165) is 12.0 Å². The minimum absolute atomic E-state index is 0.0937. The molecule has 0 radical (unpaired) electrons. The molecule has 3 heteroatoms. The molecule has 1 aromatic carbocycles. The zero-order chi connectivity index (χ0) is 10.3. The number of hydrogen-bond donors (Lipinski definition) is 0. The number of benzene rings is 1. The molecule has 0 heterocycles. The lowest BCUT2D eigenvalue weighted by Gasteiger charge is -2.07. The summed E-state index contributed by atoms with van der Waals surface area (Å²) in [4.78, 5) is 0. The summed E-state index contributed by atoms with van der Waals surface area (Å²) in [6.07, 6.45) is 0.839. The molecule has 2 rings (SSSR count). The molecule has 0 saturated heterocycles. The number of nitriles is 1. The van der Waals surface area contributed by atoms with Gasteiger partial charge in [-0.25, -0.2) is 4.39 Å². The second-order valence-corrected chi connectivity index (χ2v) is 4.22. The molecule has 1 aliphatic carbocycles. The van der Waals surface area contributed by atoms with Crippen LogP contribution in [0.1, 0.15) is 18.9 Å². The highest BCUT2D eigenvalue weighted by Crippen LogP contribution is 2.53. The molecule has 2 atom stereocenters. The Labute approximate surface area is 87.1 Å². The molecule has 1 fully saturated rings. The maximum absolute atomic E-state index is 12.9. The van der Waals surface area contributed by atoms with Crippen LogP contribution in [0.4, 0.5) is 4.39 Å². The van der Waals surface area contributed by atoms with E-state index >= 15 is 0 Å². The van der Waals surface area contributed by atoms with E-state index in [1.807, 2.05) is 6.92 Å². The Morgan fingerprint density at radius 1 is 1.64 bits per heavy atom. The summed E-state index contributed by atoms with van der Waals surface area (Å²) in [7, 11) is 0. The molecule has 14 heavy (non-hydrogen) atoms. The summed E-state index contributed by atoms with van der Waals surface area (Å²) >= 11 is 5.67. The summed E-state index contributed by atoms with van der Waals surface area (Å²) in [6.45, 7) is 2.01. The van der Waals surface area contributed by atoms with Gasteiger partial charge in [-0.05, 0) is 30.0 Å². The largest absolute Gasteiger partial charge is 0.205 e. The number of hydrogen-bond acceptors (Lipinski definition) is 1. The summed E-state index contributed by atoms with van der Waals surface area (Å²) in [5.41, 5.74) is 0.413. The van der Waals surface area contributed by atoms with Gasteiger partial charge in [-0.15, -0.1) is 0 Å². The van der Waals surface area contributed by atoms with E-state index in [0.29, 0.717) is 5.92 Å². The first-order valence-electron chi connectivity index (χ1n) is 4.47. The van der Waals surface area contributed by atoms with Crippen molar-refractivity contribution in [2.24, 2.45) is 5.92 Å². The number of rotatable bonds is 1. The molecule has 1 nitrogen and oxygen atoms in total. The SMILES string of the molecule is CC1CC1(C#N)c1ccc(F)c(Cl)c1. The smallest absolute Gasteiger partial charge is 0.141 e. The first-order chi connectivity index (χ1) is 6.60. The minimum atomic E-state index is -0.434. The van der Waals surface area contributed by atoms with Crippen molar-refractivity contribution in [3.8, 4) is 6.07 Å². The normalized spacial score (nSPS) is 29.7. The molecule has 2 unspecified atom stereocenters. The van der Waals surface area contributed by atoms with Crippen LogP contribution in [0, 0.1) is 23.1 Å². The third-order valence-corrected chi connectivity index (χ3v) is 3.23. The van der Waals surface area contributed by atoms with Gasteiger partial charge in [0.25, 0.3) is 0 Å². The van der Waals surface area contributed by atoms with Crippen molar-refractivity contribution in [1.82, 2.24) is 0 Å². The molecular formula is C11H9ClFN. The van der Waals surface area contributed by atoms with Crippen LogP contribution in [0.5, 0.6) is 0 Å². The fraction of sp³-hybridized carbons (Fsp3) is 0.364. The van der Waals surface area contributed by atoms with Crippen LogP contribution in [0.3, 0.4) is 0 Å². The topological polar surface area (TPSA) is 23.8 Å². The van der Waals surface area contributed by atoms with E-state index in [1.165, 1.54) is 6.07 Å². The molecule has 0 aromatic heterocycles. The van der Waals surface area contributed by atoms with Crippen LogP contribution in [0.2, 0.25) is 5.02 Å². The van der Waals surface area contributed by atoms with Crippen LogP contribution >= 0.6 is 11.6 Å². The maximum atomic E-state index is 12.9. The lowest BCUT2D eigenvalue weighted by atomic mass is 9.95. The van der Waals surface area contributed by atoms with Gasteiger partial charge in [0.05, 0.1) is 16.5 Å². The van der Waals surface area contributed by atoms with Gasteiger partial charge in [0.2, 0.25) is 0 Å². The summed E-state index contributed by atoms with van der Waals surface area (Å²) < 4.78 is 12.9. The van der Waals surface area contributed by atoms with Gasteiger partial charge in [0, 0.05) is 0 Å². The van der Waals surface area contributed by atoms with Crippen LogP contribution in [-0.2, 0) is 5.41 Å². The van der Waals surface area contributed by atoms with Gasteiger partial charge < -0.3 is 0 Å². The van der Waals surface area contributed by atoms with Crippen molar-refractivity contribution in [2.45, 2.75) is 18.8 Å². The highest BCUT2D eigenvalue weighted by Gasteiger charge is 2.53. The zero-order valence-electron chi connectivity index (χ0n) is 7.72. The van der Waals surface area contributed by atoms with Gasteiger partial charge >= 0.3 is 0 Å². The second kappa shape index (κ2) is 2.96. The fourth-order valence-electron chi connectivity index (χ4n) is 1.82. The average Bonchev–Trinajstić information content (AvgIpc) is 2.83. The fourth-order valence-corrected chi connectivity index (χ4v) is 2.00. The molecular weight excluding hydrogens is 201 g/mol. The van der Waals surface area contributed by atoms with Gasteiger partial charge in [-0.3, -0.25) is 0 Å². The lowest BCUT2D eigenvalue weighted by Crippen LogP contribution is -2.05. The van der Waals surface area contributed by atoms with Crippen molar-refractivity contribution >= 4 is 11.6 Å². The quantitative estimate of drug-likeness (QED) is 0.697. The van der Waals surface area contributed by atoms with Crippen molar-refractivity contribution in [1.29, 1.82) is 5.26 Å². The van der Waals surface area contributed by atoms with Crippen LogP contribution in [0.25, 0.3) is 0 Å². The Morgan fingerprint density at radius 2 is 2.29 bits per heavy atom. The van der Waals surface area contributed by atoms with Crippen LogP contribution < -0.4 is 0 Å². The molecule has 0 spiro atoms. The first-order valence-corrected chi connectivity index (χ1v) is 4.85. The second-order valence-electron chi connectivity index (χ2n) is 3.82. The van der Waals surface area contributed by atoms with E-state index in [1.54, 1.807) is 12.1 Å². The molecule has 0 N–H and O–H groups in total. The number of halogens is 2. The lowest BCUT2D eigenvalue weighted by molar-refractivity contribution is 0.626. The molecule has 1 aliphatic rings. The summed E-state index contributed by atoms with van der Waals surface area (Å²) in [5.74, 6) is -0.0918. The van der Waals surface area contributed by atoms with Crippen molar-refractivity contribution in [3.63, 3.8) is 0 Å². The van der Waals surface area contributed by atoms with E-state index in [-0.39, 0.29) is 5.02 Å². The maximum Gasteiger partial charge on any atom is 0.141 e. The first kappa shape index (κ1) is 9.48. The van der Waals surface area contributed by atoms with Gasteiger partial charge in [-0.1, -0.05) is 24.6 Å². The highest BCUT2D eigenvalue weighted by atomic mass is 35.5. The molecule has 1 aromatic rings. The Hall–Kier alpha value is -1.07. The third kappa shape index (κ3) is 1.20. The van der Waals surface area contributed by atoms with E-state index in [4.69, 9.17) is 16.9 Å². The third-order valence-electron chi connectivity index (χ3n) is 2.94. The standard InChI is InChI=1S/C11H9ClFN/c1-7-5-11(7,6-14)8-2-3-10(13)9(12)4-8/h2-4,7H,5H2,1H3. The van der Waals surface area contributed by atoms with E-state index in [9.17, 15) is 4.39 Å². The Bertz CT molecular complexity index is 424. The molecule has 0 amide bonds. The predicted octanol–water partition coefficient (Wildman–Crippen LogP) is 3.28. The summed E-state index contributed by atoms with van der Waals surface area (Å²) in [6, 6.07) is 6.81. The number of nitrogens with zero attached hydrogens (tertiary/aromatic N) is 1. The van der Waals surface area contributed by atoms with Crippen LogP contribution in [0.15, 0.2) is 18.2 Å². The van der Waals surface area contributed by atoms with Gasteiger partial charge in [0.15, 0.2) is 0 Å². The molecule has 72 valence electrons. The summed E-state index contributed by atoms with van der Waals surface area (Å²) in [5, 5.41) is 9.15. The van der Waals surface area contributed by atoms with Crippen molar-refractivity contribution in [3.05, 3.63) is 34.6 Å². The molecule has 0 bridgehead atoms. The minimum Gasteiger partial charge on any atom is -0.205 e. The van der Waals surface area contributed by atoms with E-state index in [2.05, 4.69) is 6.07 Å². The Kier molecular flexibility index (Phi) is 2.01. The van der Waals surface area contributed by atoms with Crippen molar-refractivity contribution in [2.75, 3.05) is 0 Å². The van der Waals surface area contributed by atoms with Gasteiger partial charge in [-0.2, -0.15) is 5.26 Å². The molecule has 0 aliphatic heterocycles. The highest BCUT2D eigenvalue weighted by molar-refractivity contribution is 6.30. The predicted molar refractivity (Wildman–Crippen MR) is 52.5 cm³/mol. The average molecular weight is 210 g/mol. The van der Waals surface area contributed by atoms with Gasteiger partial charge in [0.1, 0.15) is 5.82 Å². The Balaban J connectivity index is 2.44. The zero-order valence-corrected chi connectivity index (χ0v) is 8.48.